The van der Waals surface area contributed by atoms with E-state index in [1.807, 2.05) is 0 Å². The number of carbonyl (C=O) groups excluding carboxylic acids is 1. The molecule has 1 aliphatic heterocycles. The Hall–Kier alpha value is -1.85. The molecule has 0 atom stereocenters. The van der Waals surface area contributed by atoms with Crippen LogP contribution in [0, 0.1) is 0 Å². The minimum atomic E-state index is -4.74. The first-order valence-electron chi connectivity index (χ1n) is 9.13. The largest absolute Gasteiger partial charge is 0.418 e. The van der Waals surface area contributed by atoms with Gasteiger partial charge < -0.3 is 5.32 Å². The van der Waals surface area contributed by atoms with Crippen molar-refractivity contribution in [2.24, 2.45) is 0 Å². The number of carbonyl (C=O) groups is 1. The number of amides is 1. The number of nitrogens with zero attached hydrogens (tertiary/aromatic N) is 2. The van der Waals surface area contributed by atoms with Crippen LogP contribution in [0.5, 0.6) is 0 Å². The second-order valence-electron chi connectivity index (χ2n) is 6.89. The van der Waals surface area contributed by atoms with Gasteiger partial charge in [-0.1, -0.05) is 35.3 Å². The molecule has 6 nitrogen and oxygen atoms in total. The second-order valence-corrected chi connectivity index (χ2v) is 9.69. The maximum absolute atomic E-state index is 13.2. The van der Waals surface area contributed by atoms with Gasteiger partial charge >= 0.3 is 6.18 Å². The standard InChI is InChI=1S/C19H18Cl2F3N3O3S/c20-14-4-2-13(3-5-14)11-26-8-1-9-27(31(26,29)30)12-18(28)25-17-7-6-15(21)10-16(17)19(22,23)24/h2-7,10H,1,8-9,11-12H2,(H,25,28). The third kappa shape index (κ3) is 5.89. The van der Waals surface area contributed by atoms with Crippen LogP contribution in [0.3, 0.4) is 0 Å². The van der Waals surface area contributed by atoms with Gasteiger partial charge in [-0.25, -0.2) is 0 Å². The summed E-state index contributed by atoms with van der Waals surface area (Å²) in [5.74, 6) is -0.884. The van der Waals surface area contributed by atoms with E-state index in [0.717, 1.165) is 15.9 Å². The predicted molar refractivity (Wildman–Crippen MR) is 112 cm³/mol. The van der Waals surface area contributed by atoms with E-state index in [9.17, 15) is 26.4 Å². The third-order valence-corrected chi connectivity index (χ3v) is 7.04. The molecule has 0 saturated carbocycles. The molecule has 0 aromatic heterocycles. The summed E-state index contributed by atoms with van der Waals surface area (Å²) in [4.78, 5) is 12.4. The highest BCUT2D eigenvalue weighted by Gasteiger charge is 2.36. The van der Waals surface area contributed by atoms with Crippen LogP contribution in [0.1, 0.15) is 17.5 Å². The molecule has 1 heterocycles. The lowest BCUT2D eigenvalue weighted by molar-refractivity contribution is -0.137. The van der Waals surface area contributed by atoms with Crippen molar-refractivity contribution >= 4 is 45.0 Å². The third-order valence-electron chi connectivity index (χ3n) is 4.62. The zero-order valence-corrected chi connectivity index (χ0v) is 18.3. The molecule has 0 bridgehead atoms. The van der Waals surface area contributed by atoms with Gasteiger partial charge in [0.05, 0.1) is 17.8 Å². The predicted octanol–water partition coefficient (Wildman–Crippen LogP) is 4.40. The average molecular weight is 496 g/mol. The van der Waals surface area contributed by atoms with E-state index >= 15 is 0 Å². The van der Waals surface area contributed by atoms with Crippen LogP contribution in [0.4, 0.5) is 18.9 Å². The summed E-state index contributed by atoms with van der Waals surface area (Å²) in [6, 6.07) is 9.61. The summed E-state index contributed by atoms with van der Waals surface area (Å²) < 4.78 is 67.6. The number of rotatable bonds is 5. The average Bonchev–Trinajstić information content (AvgIpc) is 2.67. The molecule has 0 unspecified atom stereocenters. The number of nitrogens with one attached hydrogen (secondary N) is 1. The van der Waals surface area contributed by atoms with Crippen LogP contribution in [0.25, 0.3) is 0 Å². The summed E-state index contributed by atoms with van der Waals surface area (Å²) in [5, 5.41) is 2.52. The van der Waals surface area contributed by atoms with Crippen molar-refractivity contribution in [3.63, 3.8) is 0 Å². The Balaban J connectivity index is 1.72. The molecule has 12 heteroatoms. The molecule has 2 aromatic carbocycles. The summed E-state index contributed by atoms with van der Waals surface area (Å²) in [6.07, 6.45) is -4.27. The van der Waals surface area contributed by atoms with Crippen LogP contribution >= 0.6 is 23.2 Å². The number of halogens is 5. The van der Waals surface area contributed by atoms with E-state index in [2.05, 4.69) is 5.32 Å². The van der Waals surface area contributed by atoms with Crippen molar-refractivity contribution in [3.05, 3.63) is 63.6 Å². The van der Waals surface area contributed by atoms with Crippen molar-refractivity contribution in [2.45, 2.75) is 19.1 Å². The molecular weight excluding hydrogens is 478 g/mol. The summed E-state index contributed by atoms with van der Waals surface area (Å²) in [6.45, 7) is -0.176. The molecule has 31 heavy (non-hydrogen) atoms. The smallest absolute Gasteiger partial charge is 0.324 e. The van der Waals surface area contributed by atoms with E-state index in [1.54, 1.807) is 24.3 Å². The van der Waals surface area contributed by atoms with E-state index in [4.69, 9.17) is 23.2 Å². The SMILES string of the molecule is O=C(CN1CCCN(Cc2ccc(Cl)cc2)S1(=O)=O)Nc1ccc(Cl)cc1C(F)(F)F. The molecule has 1 N–H and O–H groups in total. The summed E-state index contributed by atoms with van der Waals surface area (Å²) in [7, 11) is -3.98. The maximum Gasteiger partial charge on any atom is 0.418 e. The van der Waals surface area contributed by atoms with Gasteiger partial charge in [-0.05, 0) is 42.3 Å². The summed E-state index contributed by atoms with van der Waals surface area (Å²) in [5.41, 5.74) is -0.885. The molecule has 0 aliphatic carbocycles. The monoisotopic (exact) mass is 495 g/mol. The van der Waals surface area contributed by atoms with Crippen molar-refractivity contribution in [1.29, 1.82) is 0 Å². The van der Waals surface area contributed by atoms with Crippen LogP contribution < -0.4 is 5.32 Å². The number of hydrogen-bond acceptors (Lipinski definition) is 3. The van der Waals surface area contributed by atoms with Crippen molar-refractivity contribution < 1.29 is 26.4 Å². The molecule has 1 amide bonds. The number of benzene rings is 2. The van der Waals surface area contributed by atoms with Gasteiger partial charge in [0.1, 0.15) is 0 Å². The molecule has 3 rings (SSSR count). The molecule has 1 fully saturated rings. The van der Waals surface area contributed by atoms with E-state index in [0.29, 0.717) is 17.5 Å². The first-order valence-corrected chi connectivity index (χ1v) is 11.3. The topological polar surface area (TPSA) is 69.7 Å². The Morgan fingerprint density at radius 3 is 2.26 bits per heavy atom. The zero-order chi connectivity index (χ0) is 22.8. The molecule has 1 aliphatic rings. The minimum absolute atomic E-state index is 0.0830. The molecule has 2 aromatic rings. The fraction of sp³-hybridized carbons (Fsp3) is 0.316. The normalized spacial score (nSPS) is 17.5. The lowest BCUT2D eigenvalue weighted by atomic mass is 10.1. The van der Waals surface area contributed by atoms with E-state index in [1.165, 1.54) is 10.4 Å². The molecule has 168 valence electrons. The molecule has 0 spiro atoms. The van der Waals surface area contributed by atoms with Gasteiger partial charge in [0.25, 0.3) is 10.2 Å². The van der Waals surface area contributed by atoms with Crippen LogP contribution in [0.2, 0.25) is 10.0 Å². The van der Waals surface area contributed by atoms with E-state index in [-0.39, 0.29) is 24.7 Å². The lowest BCUT2D eigenvalue weighted by Gasteiger charge is -2.34. The van der Waals surface area contributed by atoms with E-state index < -0.39 is 40.1 Å². The fourth-order valence-electron chi connectivity index (χ4n) is 3.14. The lowest BCUT2D eigenvalue weighted by Crippen LogP contribution is -2.51. The van der Waals surface area contributed by atoms with Crippen LogP contribution in [0.15, 0.2) is 42.5 Å². The highest BCUT2D eigenvalue weighted by Crippen LogP contribution is 2.36. The zero-order valence-electron chi connectivity index (χ0n) is 16.0. The highest BCUT2D eigenvalue weighted by molar-refractivity contribution is 7.86. The van der Waals surface area contributed by atoms with Gasteiger partial charge in [0.15, 0.2) is 0 Å². The van der Waals surface area contributed by atoms with Crippen LogP contribution in [-0.2, 0) is 27.7 Å². The van der Waals surface area contributed by atoms with Gasteiger partial charge in [-0.15, -0.1) is 0 Å². The minimum Gasteiger partial charge on any atom is -0.324 e. The quantitative estimate of drug-likeness (QED) is 0.667. The first kappa shape index (κ1) is 23.8. The number of hydrogen-bond donors (Lipinski definition) is 1. The summed E-state index contributed by atoms with van der Waals surface area (Å²) >= 11 is 11.5. The van der Waals surface area contributed by atoms with Crippen LogP contribution in [-0.4, -0.2) is 42.6 Å². The molecular formula is C19H18Cl2F3N3O3S. The van der Waals surface area contributed by atoms with Gasteiger partial charge in [-0.3, -0.25) is 4.79 Å². The Morgan fingerprint density at radius 1 is 1.00 bits per heavy atom. The molecule has 0 radical (unpaired) electrons. The van der Waals surface area contributed by atoms with Gasteiger partial charge in [-0.2, -0.15) is 30.2 Å². The number of anilines is 1. The second kappa shape index (κ2) is 9.33. The fourth-order valence-corrected chi connectivity index (χ4v) is 5.08. The Bertz CT molecular complexity index is 1060. The Morgan fingerprint density at radius 2 is 1.61 bits per heavy atom. The first-order chi connectivity index (χ1) is 14.5. The Labute approximate surface area is 187 Å². The van der Waals surface area contributed by atoms with Crippen molar-refractivity contribution in [1.82, 2.24) is 8.61 Å². The van der Waals surface area contributed by atoms with Gasteiger partial charge in [0, 0.05) is 29.7 Å². The molecule has 1 saturated heterocycles. The van der Waals surface area contributed by atoms with Crippen molar-refractivity contribution in [3.8, 4) is 0 Å². The number of alkyl halides is 3. The Kier molecular flexibility index (Phi) is 7.17. The highest BCUT2D eigenvalue weighted by atomic mass is 35.5. The van der Waals surface area contributed by atoms with Gasteiger partial charge in [0.2, 0.25) is 5.91 Å². The maximum atomic E-state index is 13.2. The van der Waals surface area contributed by atoms with Crippen molar-refractivity contribution in [2.75, 3.05) is 25.0 Å².